The van der Waals surface area contributed by atoms with Gasteiger partial charge in [0.2, 0.25) is 0 Å². The molecular weight excluding hydrogens is 204 g/mol. The lowest BCUT2D eigenvalue weighted by Gasteiger charge is -2.12. The number of rotatable bonds is 3. The van der Waals surface area contributed by atoms with Gasteiger partial charge in [0.1, 0.15) is 11.3 Å². The van der Waals surface area contributed by atoms with Crippen molar-refractivity contribution in [3.63, 3.8) is 0 Å². The fourth-order valence-electron chi connectivity index (χ4n) is 1.42. The number of nitrogens with zero attached hydrogens (tertiary/aromatic N) is 1. The lowest BCUT2D eigenvalue weighted by atomic mass is 10.2. The molecule has 2 rings (SSSR count). The summed E-state index contributed by atoms with van der Waals surface area (Å²) in [6.45, 7) is 1.62. The number of carbonyl (C=O) groups excluding carboxylic acids is 1. The number of amides is 1. The molecule has 1 aromatic carbocycles. The molecule has 1 aromatic heterocycles. The van der Waals surface area contributed by atoms with Gasteiger partial charge in [-0.05, 0) is 19.1 Å². The summed E-state index contributed by atoms with van der Waals surface area (Å²) in [5.41, 5.74) is 5.88. The van der Waals surface area contributed by atoms with Crippen molar-refractivity contribution < 1.29 is 9.53 Å². The highest BCUT2D eigenvalue weighted by Gasteiger charge is 2.12. The minimum absolute atomic E-state index is 0.493. The second kappa shape index (κ2) is 4.18. The second-order valence-electron chi connectivity index (χ2n) is 3.49. The summed E-state index contributed by atoms with van der Waals surface area (Å²) in [5.74, 6) is 0.0809. The lowest BCUT2D eigenvalue weighted by molar-refractivity contribution is -0.123. The van der Waals surface area contributed by atoms with E-state index in [-0.39, 0.29) is 0 Å². The first-order valence-electron chi connectivity index (χ1n) is 4.98. The molecule has 0 spiro atoms. The third-order valence-corrected chi connectivity index (χ3v) is 2.30. The van der Waals surface area contributed by atoms with Gasteiger partial charge in [-0.2, -0.15) is 0 Å². The van der Waals surface area contributed by atoms with Crippen molar-refractivity contribution in [3.05, 3.63) is 36.5 Å². The summed E-state index contributed by atoms with van der Waals surface area (Å²) >= 11 is 0. The van der Waals surface area contributed by atoms with Gasteiger partial charge in [0, 0.05) is 11.6 Å². The maximum atomic E-state index is 10.9. The van der Waals surface area contributed by atoms with E-state index in [2.05, 4.69) is 4.98 Å². The fourth-order valence-corrected chi connectivity index (χ4v) is 1.42. The van der Waals surface area contributed by atoms with Crippen molar-refractivity contribution in [1.82, 2.24) is 4.98 Å². The molecule has 1 amide bonds. The van der Waals surface area contributed by atoms with E-state index in [1.54, 1.807) is 19.2 Å². The Bertz CT molecular complexity index is 520. The van der Waals surface area contributed by atoms with E-state index >= 15 is 0 Å². The Kier molecular flexibility index (Phi) is 2.72. The molecule has 0 saturated carbocycles. The number of primary amides is 1. The molecule has 4 nitrogen and oxygen atoms in total. The molecule has 4 heteroatoms. The van der Waals surface area contributed by atoms with E-state index in [4.69, 9.17) is 10.5 Å². The highest BCUT2D eigenvalue weighted by atomic mass is 16.5. The smallest absolute Gasteiger partial charge is 0.258 e. The monoisotopic (exact) mass is 216 g/mol. The third kappa shape index (κ3) is 1.95. The summed E-state index contributed by atoms with van der Waals surface area (Å²) in [4.78, 5) is 15.1. The fraction of sp³-hybridized carbons (Fsp3) is 0.167. The van der Waals surface area contributed by atoms with E-state index in [1.165, 1.54) is 0 Å². The van der Waals surface area contributed by atoms with Crippen LogP contribution in [0.2, 0.25) is 0 Å². The number of ether oxygens (including phenoxy) is 1. The summed E-state index contributed by atoms with van der Waals surface area (Å²) in [6.07, 6.45) is 1.03. The maximum absolute atomic E-state index is 10.9. The van der Waals surface area contributed by atoms with Gasteiger partial charge in [0.25, 0.3) is 5.91 Å². The Morgan fingerprint density at radius 3 is 2.88 bits per heavy atom. The maximum Gasteiger partial charge on any atom is 0.258 e. The minimum Gasteiger partial charge on any atom is -0.479 e. The van der Waals surface area contributed by atoms with Crippen molar-refractivity contribution in [2.75, 3.05) is 0 Å². The van der Waals surface area contributed by atoms with E-state index in [9.17, 15) is 4.79 Å². The highest BCUT2D eigenvalue weighted by Crippen LogP contribution is 2.23. The Labute approximate surface area is 93.0 Å². The second-order valence-corrected chi connectivity index (χ2v) is 3.49. The topological polar surface area (TPSA) is 65.2 Å². The van der Waals surface area contributed by atoms with E-state index in [1.807, 2.05) is 24.3 Å². The minimum atomic E-state index is -0.660. The highest BCUT2D eigenvalue weighted by molar-refractivity contribution is 5.85. The first kappa shape index (κ1) is 10.4. The van der Waals surface area contributed by atoms with Crippen LogP contribution < -0.4 is 10.5 Å². The molecule has 16 heavy (non-hydrogen) atoms. The summed E-state index contributed by atoms with van der Waals surface area (Å²) in [6, 6.07) is 9.35. The zero-order valence-electron chi connectivity index (χ0n) is 8.88. The van der Waals surface area contributed by atoms with Crippen molar-refractivity contribution in [1.29, 1.82) is 0 Å². The predicted octanol–water partition coefficient (Wildman–Crippen LogP) is 1.49. The molecule has 2 N–H and O–H groups in total. The summed E-state index contributed by atoms with van der Waals surface area (Å²) in [7, 11) is 0. The number of aromatic nitrogens is 1. The zero-order valence-corrected chi connectivity index (χ0v) is 8.88. The molecule has 1 atom stereocenters. The van der Waals surface area contributed by atoms with E-state index in [0.717, 1.165) is 10.9 Å². The van der Waals surface area contributed by atoms with Crippen LogP contribution >= 0.6 is 0 Å². The molecule has 0 radical (unpaired) electrons. The van der Waals surface area contributed by atoms with Crippen LogP contribution in [-0.4, -0.2) is 17.0 Å². The lowest BCUT2D eigenvalue weighted by Crippen LogP contribution is -2.30. The molecule has 0 aliphatic rings. The van der Waals surface area contributed by atoms with Crippen LogP contribution in [0.15, 0.2) is 36.5 Å². The number of benzene rings is 1. The van der Waals surface area contributed by atoms with Crippen LogP contribution in [0.25, 0.3) is 10.9 Å². The quantitative estimate of drug-likeness (QED) is 0.845. The molecule has 2 aromatic rings. The Balaban J connectivity index is 2.41. The van der Waals surface area contributed by atoms with Crippen LogP contribution in [-0.2, 0) is 4.79 Å². The number of pyridine rings is 1. The standard InChI is InChI=1S/C12H12N2O2/c1-8(12(13)15)16-10-6-2-4-9-5-3-7-14-11(9)10/h2-8H,1H3,(H2,13,15)/t8-/m1/s1. The molecule has 0 aliphatic heterocycles. The SMILES string of the molecule is C[C@@H](Oc1cccc2cccnc12)C(N)=O. The number of nitrogens with two attached hydrogens (primary N) is 1. The van der Waals surface area contributed by atoms with Crippen molar-refractivity contribution in [2.45, 2.75) is 13.0 Å². The average molecular weight is 216 g/mol. The summed E-state index contributed by atoms with van der Waals surface area (Å²) < 4.78 is 5.45. The number of para-hydroxylation sites is 1. The molecule has 0 aliphatic carbocycles. The van der Waals surface area contributed by atoms with E-state index in [0.29, 0.717) is 5.75 Å². The molecule has 0 unspecified atom stereocenters. The molecule has 82 valence electrons. The third-order valence-electron chi connectivity index (χ3n) is 2.30. The van der Waals surface area contributed by atoms with Crippen LogP contribution in [0.5, 0.6) is 5.75 Å². The van der Waals surface area contributed by atoms with Gasteiger partial charge >= 0.3 is 0 Å². The molecule has 0 bridgehead atoms. The first-order chi connectivity index (χ1) is 7.68. The normalized spacial score (nSPS) is 12.3. The van der Waals surface area contributed by atoms with Crippen molar-refractivity contribution in [2.24, 2.45) is 5.73 Å². The van der Waals surface area contributed by atoms with Crippen LogP contribution in [0.4, 0.5) is 0 Å². The molecular formula is C12H12N2O2. The van der Waals surface area contributed by atoms with Gasteiger partial charge in [-0.1, -0.05) is 18.2 Å². The molecule has 0 saturated heterocycles. The van der Waals surface area contributed by atoms with Crippen LogP contribution in [0.1, 0.15) is 6.92 Å². The number of fused-ring (bicyclic) bond motifs is 1. The van der Waals surface area contributed by atoms with Gasteiger partial charge in [-0.25, -0.2) is 0 Å². The van der Waals surface area contributed by atoms with E-state index < -0.39 is 12.0 Å². The first-order valence-corrected chi connectivity index (χ1v) is 4.98. The zero-order chi connectivity index (χ0) is 11.5. The van der Waals surface area contributed by atoms with Gasteiger partial charge < -0.3 is 10.5 Å². The average Bonchev–Trinajstić information content (AvgIpc) is 2.29. The van der Waals surface area contributed by atoms with Gasteiger partial charge in [-0.3, -0.25) is 9.78 Å². The van der Waals surface area contributed by atoms with Gasteiger partial charge in [0.15, 0.2) is 6.10 Å². The number of carbonyl (C=O) groups is 1. The predicted molar refractivity (Wildman–Crippen MR) is 61.0 cm³/mol. The largest absolute Gasteiger partial charge is 0.479 e. The molecule has 1 heterocycles. The van der Waals surface area contributed by atoms with Crippen LogP contribution in [0, 0.1) is 0 Å². The Morgan fingerprint density at radius 1 is 1.38 bits per heavy atom. The van der Waals surface area contributed by atoms with Crippen molar-refractivity contribution >= 4 is 16.8 Å². The number of hydrogen-bond acceptors (Lipinski definition) is 3. The molecule has 0 fully saturated rings. The summed E-state index contributed by atoms with van der Waals surface area (Å²) in [5, 5.41) is 0.969. The van der Waals surface area contributed by atoms with Gasteiger partial charge in [0.05, 0.1) is 0 Å². The van der Waals surface area contributed by atoms with Gasteiger partial charge in [-0.15, -0.1) is 0 Å². The number of hydrogen-bond donors (Lipinski definition) is 1. The van der Waals surface area contributed by atoms with Crippen molar-refractivity contribution in [3.8, 4) is 5.75 Å². The Hall–Kier alpha value is -2.10. The van der Waals surface area contributed by atoms with Crippen LogP contribution in [0.3, 0.4) is 0 Å². The Morgan fingerprint density at radius 2 is 2.12 bits per heavy atom.